The van der Waals surface area contributed by atoms with Gasteiger partial charge in [-0.25, -0.2) is 15.0 Å². The number of aromatic nitrogens is 5. The minimum Gasteiger partial charge on any atom is -0.309 e. The summed E-state index contributed by atoms with van der Waals surface area (Å²) in [5.41, 5.74) is 10.1. The molecular weight excluding hydrogens is 683 g/mol. The maximum atomic E-state index is 5.13. The van der Waals surface area contributed by atoms with Crippen molar-refractivity contribution in [3.8, 4) is 39.9 Å². The molecule has 0 aliphatic rings. The van der Waals surface area contributed by atoms with Crippen molar-refractivity contribution in [2.75, 3.05) is 0 Å². The van der Waals surface area contributed by atoms with E-state index in [1.807, 2.05) is 36.4 Å². The molecule has 13 aromatic rings. The molecule has 5 heteroatoms. The van der Waals surface area contributed by atoms with Crippen LogP contribution in [0.25, 0.3) is 121 Å². The van der Waals surface area contributed by atoms with Gasteiger partial charge in [-0.15, -0.1) is 0 Å². The maximum Gasteiger partial charge on any atom is 0.164 e. The van der Waals surface area contributed by atoms with Gasteiger partial charge in [0.15, 0.2) is 17.5 Å². The molecule has 9 aromatic carbocycles. The lowest BCUT2D eigenvalue weighted by Gasteiger charge is -2.16. The van der Waals surface area contributed by atoms with Crippen LogP contribution in [-0.4, -0.2) is 23.9 Å². The number of fused-ring (bicyclic) bond motifs is 5. The third-order valence-electron chi connectivity index (χ3n) is 11.9. The van der Waals surface area contributed by atoms with E-state index in [2.05, 4.69) is 148 Å². The van der Waals surface area contributed by atoms with Crippen molar-refractivity contribution in [2.24, 2.45) is 0 Å². The lowest BCUT2D eigenvalue weighted by atomic mass is 9.98. The van der Waals surface area contributed by atoms with Crippen LogP contribution in [0.5, 0.6) is 0 Å². The molecule has 258 valence electrons. The number of benzene rings is 9. The van der Waals surface area contributed by atoms with Crippen molar-refractivity contribution in [2.45, 2.75) is 0 Å². The largest absolute Gasteiger partial charge is 0.309 e. The third-order valence-corrected chi connectivity index (χ3v) is 11.9. The summed E-state index contributed by atoms with van der Waals surface area (Å²) in [5, 5.41) is 12.4. The standard InChI is InChI=1S/C51H29N5/c1-3-12-32(13-4-1)49-52-50(33-14-5-2-6-15-33)54-51(53-49)38-26-29-40(35-18-8-7-17-34(35)38)55-42-27-23-30-16-11-21-41-44(30)46(42)47-43(55)28-24-31-22-25-37-36-19-9-10-20-39(36)56(41)48(37)45(31)47/h1-29H. The van der Waals surface area contributed by atoms with E-state index in [0.717, 1.165) is 33.2 Å². The normalized spacial score (nSPS) is 12.3. The summed E-state index contributed by atoms with van der Waals surface area (Å²) in [6, 6.07) is 62.9. The van der Waals surface area contributed by atoms with E-state index in [9.17, 15) is 0 Å². The fourth-order valence-electron chi connectivity index (χ4n) is 9.51. The summed E-state index contributed by atoms with van der Waals surface area (Å²) >= 11 is 0. The van der Waals surface area contributed by atoms with Crippen LogP contribution in [0.4, 0.5) is 0 Å². The molecular formula is C51H29N5. The van der Waals surface area contributed by atoms with Crippen molar-refractivity contribution >= 4 is 81.4 Å². The van der Waals surface area contributed by atoms with E-state index in [0.29, 0.717) is 17.5 Å². The molecule has 0 aliphatic heterocycles. The van der Waals surface area contributed by atoms with Gasteiger partial charge in [0.05, 0.1) is 33.3 Å². The van der Waals surface area contributed by atoms with Crippen molar-refractivity contribution in [3.63, 3.8) is 0 Å². The molecule has 0 atom stereocenters. The number of hydrogen-bond donors (Lipinski definition) is 0. The molecule has 0 unspecified atom stereocenters. The molecule has 56 heavy (non-hydrogen) atoms. The highest BCUT2D eigenvalue weighted by atomic mass is 15.0. The first-order chi connectivity index (χ1) is 27.8. The van der Waals surface area contributed by atoms with Crippen LogP contribution in [0.1, 0.15) is 0 Å². The second kappa shape index (κ2) is 11.0. The molecule has 0 bridgehead atoms. The second-order valence-electron chi connectivity index (χ2n) is 14.8. The van der Waals surface area contributed by atoms with Gasteiger partial charge in [-0.3, -0.25) is 0 Å². The molecule has 0 fully saturated rings. The topological polar surface area (TPSA) is 48.0 Å². The van der Waals surface area contributed by atoms with E-state index in [-0.39, 0.29) is 0 Å². The molecule has 13 rings (SSSR count). The van der Waals surface area contributed by atoms with E-state index in [1.165, 1.54) is 70.7 Å². The Morgan fingerprint density at radius 1 is 0.321 bits per heavy atom. The Labute approximate surface area is 320 Å². The highest BCUT2D eigenvalue weighted by Crippen LogP contribution is 2.48. The number of nitrogens with zero attached hydrogens (tertiary/aromatic N) is 5. The zero-order valence-corrected chi connectivity index (χ0v) is 30.0. The van der Waals surface area contributed by atoms with Gasteiger partial charge >= 0.3 is 0 Å². The van der Waals surface area contributed by atoms with Gasteiger partial charge in [0.1, 0.15) is 0 Å². The predicted octanol–water partition coefficient (Wildman–Crippen LogP) is 12.9. The van der Waals surface area contributed by atoms with Gasteiger partial charge < -0.3 is 8.97 Å². The summed E-state index contributed by atoms with van der Waals surface area (Å²) in [6.07, 6.45) is 0. The molecule has 0 amide bonds. The van der Waals surface area contributed by atoms with Crippen LogP contribution in [0.15, 0.2) is 176 Å². The molecule has 4 aromatic heterocycles. The fourth-order valence-corrected chi connectivity index (χ4v) is 9.51. The first-order valence-corrected chi connectivity index (χ1v) is 19.0. The molecule has 0 radical (unpaired) electrons. The fraction of sp³-hybridized carbons (Fsp3) is 0. The molecule has 0 saturated carbocycles. The first kappa shape index (κ1) is 29.8. The van der Waals surface area contributed by atoms with Gasteiger partial charge in [-0.2, -0.15) is 0 Å². The lowest BCUT2D eigenvalue weighted by Crippen LogP contribution is -2.01. The smallest absolute Gasteiger partial charge is 0.164 e. The Kier molecular flexibility index (Phi) is 5.83. The maximum absolute atomic E-state index is 5.13. The zero-order chi connectivity index (χ0) is 36.5. The van der Waals surface area contributed by atoms with Gasteiger partial charge in [0.25, 0.3) is 0 Å². The zero-order valence-electron chi connectivity index (χ0n) is 30.0. The van der Waals surface area contributed by atoms with Crippen LogP contribution in [0.3, 0.4) is 0 Å². The average Bonchev–Trinajstić information content (AvgIpc) is 3.75. The van der Waals surface area contributed by atoms with Crippen LogP contribution >= 0.6 is 0 Å². The van der Waals surface area contributed by atoms with Crippen molar-refractivity contribution in [3.05, 3.63) is 176 Å². The quantitative estimate of drug-likeness (QED) is 0.183. The van der Waals surface area contributed by atoms with E-state index >= 15 is 0 Å². The Morgan fingerprint density at radius 2 is 0.893 bits per heavy atom. The summed E-state index contributed by atoms with van der Waals surface area (Å²) in [5.74, 6) is 1.95. The summed E-state index contributed by atoms with van der Waals surface area (Å²) in [4.78, 5) is 15.2. The van der Waals surface area contributed by atoms with Gasteiger partial charge in [0.2, 0.25) is 0 Å². The monoisotopic (exact) mass is 711 g/mol. The van der Waals surface area contributed by atoms with Gasteiger partial charge in [-0.1, -0.05) is 140 Å². The van der Waals surface area contributed by atoms with Crippen LogP contribution < -0.4 is 0 Å². The van der Waals surface area contributed by atoms with Crippen LogP contribution in [0, 0.1) is 0 Å². The number of hydrogen-bond acceptors (Lipinski definition) is 3. The lowest BCUT2D eigenvalue weighted by molar-refractivity contribution is 1.08. The Balaban J connectivity index is 1.14. The minimum atomic E-state index is 0.647. The minimum absolute atomic E-state index is 0.647. The van der Waals surface area contributed by atoms with Crippen LogP contribution in [0.2, 0.25) is 0 Å². The molecule has 0 spiro atoms. The molecule has 0 aliphatic carbocycles. The summed E-state index contributed by atoms with van der Waals surface area (Å²) in [7, 11) is 0. The molecule has 4 heterocycles. The number of rotatable bonds is 4. The Morgan fingerprint density at radius 3 is 1.62 bits per heavy atom. The summed E-state index contributed by atoms with van der Waals surface area (Å²) in [6.45, 7) is 0. The van der Waals surface area contributed by atoms with Crippen molar-refractivity contribution in [1.29, 1.82) is 0 Å². The predicted molar refractivity (Wildman–Crippen MR) is 231 cm³/mol. The second-order valence-corrected chi connectivity index (χ2v) is 14.8. The van der Waals surface area contributed by atoms with E-state index < -0.39 is 0 Å². The van der Waals surface area contributed by atoms with Crippen molar-refractivity contribution in [1.82, 2.24) is 23.9 Å². The average molecular weight is 712 g/mol. The van der Waals surface area contributed by atoms with Crippen molar-refractivity contribution < 1.29 is 0 Å². The molecule has 0 saturated heterocycles. The summed E-state index contributed by atoms with van der Waals surface area (Å²) < 4.78 is 5.01. The molecule has 5 nitrogen and oxygen atoms in total. The Hall–Kier alpha value is -7.63. The van der Waals surface area contributed by atoms with Gasteiger partial charge in [0, 0.05) is 54.4 Å². The first-order valence-electron chi connectivity index (χ1n) is 19.0. The Bertz CT molecular complexity index is 3630. The van der Waals surface area contributed by atoms with Crippen LogP contribution in [-0.2, 0) is 0 Å². The van der Waals surface area contributed by atoms with E-state index in [4.69, 9.17) is 15.0 Å². The van der Waals surface area contributed by atoms with Gasteiger partial charge in [-0.05, 0) is 52.6 Å². The SMILES string of the molecule is c1ccc(-c2nc(-c3ccccc3)nc(-c3ccc(-n4c5ccc6cccc7c6c5c5c6c(ccc8c9ccccc9n7c86)ccc54)c4ccccc34)n2)cc1. The highest BCUT2D eigenvalue weighted by molar-refractivity contribution is 6.37. The highest BCUT2D eigenvalue weighted by Gasteiger charge is 2.25. The third kappa shape index (κ3) is 3.90. The number of para-hydroxylation sites is 1. The molecule has 0 N–H and O–H groups in total. The van der Waals surface area contributed by atoms with E-state index in [1.54, 1.807) is 0 Å².